The van der Waals surface area contributed by atoms with Crippen LogP contribution in [-0.4, -0.2) is 72.9 Å². The molecule has 0 bridgehead atoms. The first-order valence-electron chi connectivity index (χ1n) is 7.97. The predicted octanol–water partition coefficient (Wildman–Crippen LogP) is 0.907. The van der Waals surface area contributed by atoms with Crippen LogP contribution in [0.3, 0.4) is 0 Å². The molecule has 2 rings (SSSR count). The highest BCUT2D eigenvalue weighted by molar-refractivity contribution is 4.96. The standard InChI is InChI=1S/C15H31N3O/c1-3-16-15(13-19)7-4-6-14(12-15)18-9-5-8-17(2)10-11-18/h14,16,19H,3-13H2,1-2H3. The smallest absolute Gasteiger partial charge is 0.0613 e. The maximum absolute atomic E-state index is 9.80. The van der Waals surface area contributed by atoms with Crippen molar-refractivity contribution in [3.63, 3.8) is 0 Å². The Hall–Kier alpha value is -0.160. The second kappa shape index (κ2) is 7.02. The molecule has 4 nitrogen and oxygen atoms in total. The highest BCUT2D eigenvalue weighted by atomic mass is 16.3. The van der Waals surface area contributed by atoms with E-state index < -0.39 is 0 Å². The van der Waals surface area contributed by atoms with Gasteiger partial charge >= 0.3 is 0 Å². The summed E-state index contributed by atoms with van der Waals surface area (Å²) in [6, 6.07) is 0.659. The van der Waals surface area contributed by atoms with E-state index in [-0.39, 0.29) is 12.1 Å². The molecule has 2 aliphatic rings. The van der Waals surface area contributed by atoms with E-state index in [1.807, 2.05) is 0 Å². The van der Waals surface area contributed by atoms with Crippen molar-refractivity contribution in [1.29, 1.82) is 0 Å². The third-order valence-electron chi connectivity index (χ3n) is 4.94. The van der Waals surface area contributed by atoms with Crippen LogP contribution in [0.4, 0.5) is 0 Å². The van der Waals surface area contributed by atoms with Crippen molar-refractivity contribution in [3.8, 4) is 0 Å². The quantitative estimate of drug-likeness (QED) is 0.796. The molecule has 1 aliphatic heterocycles. The highest BCUT2D eigenvalue weighted by Crippen LogP contribution is 2.31. The number of hydrogen-bond acceptors (Lipinski definition) is 4. The molecule has 0 aromatic carbocycles. The summed E-state index contributed by atoms with van der Waals surface area (Å²) in [5.74, 6) is 0. The zero-order valence-electron chi connectivity index (χ0n) is 12.7. The Morgan fingerprint density at radius 2 is 2.05 bits per heavy atom. The van der Waals surface area contributed by atoms with Crippen LogP contribution in [0.5, 0.6) is 0 Å². The monoisotopic (exact) mass is 269 g/mol. The Bertz CT molecular complexity index is 270. The van der Waals surface area contributed by atoms with Gasteiger partial charge < -0.3 is 15.3 Å². The summed E-state index contributed by atoms with van der Waals surface area (Å²) in [4.78, 5) is 5.11. The van der Waals surface area contributed by atoms with E-state index in [4.69, 9.17) is 0 Å². The number of nitrogens with one attached hydrogen (secondary N) is 1. The van der Waals surface area contributed by atoms with E-state index in [0.29, 0.717) is 6.04 Å². The van der Waals surface area contributed by atoms with Crippen LogP contribution in [0.1, 0.15) is 39.0 Å². The minimum absolute atomic E-state index is 0.0180. The molecule has 112 valence electrons. The van der Waals surface area contributed by atoms with Crippen molar-refractivity contribution in [2.75, 3.05) is 46.4 Å². The van der Waals surface area contributed by atoms with E-state index >= 15 is 0 Å². The van der Waals surface area contributed by atoms with Crippen molar-refractivity contribution in [2.45, 2.75) is 50.6 Å². The summed E-state index contributed by atoms with van der Waals surface area (Å²) in [6.45, 7) is 8.20. The number of likely N-dealkylation sites (N-methyl/N-ethyl adjacent to an activating group) is 2. The second-order valence-corrected chi connectivity index (χ2v) is 6.41. The average molecular weight is 269 g/mol. The van der Waals surface area contributed by atoms with Crippen molar-refractivity contribution in [2.24, 2.45) is 0 Å². The summed E-state index contributed by atoms with van der Waals surface area (Å²) < 4.78 is 0. The lowest BCUT2D eigenvalue weighted by Crippen LogP contribution is -2.56. The minimum Gasteiger partial charge on any atom is -0.394 e. The summed E-state index contributed by atoms with van der Waals surface area (Å²) in [5, 5.41) is 13.4. The molecule has 4 heteroatoms. The molecule has 2 unspecified atom stereocenters. The molecular weight excluding hydrogens is 238 g/mol. The largest absolute Gasteiger partial charge is 0.394 e. The molecule has 0 radical (unpaired) electrons. The van der Waals surface area contributed by atoms with Crippen LogP contribution in [0.2, 0.25) is 0 Å². The van der Waals surface area contributed by atoms with Crippen LogP contribution < -0.4 is 5.32 Å². The van der Waals surface area contributed by atoms with Crippen LogP contribution in [0, 0.1) is 0 Å². The lowest BCUT2D eigenvalue weighted by molar-refractivity contribution is 0.0619. The Labute approximate surface area is 118 Å². The van der Waals surface area contributed by atoms with Gasteiger partial charge in [-0.05, 0) is 58.8 Å². The average Bonchev–Trinajstić information content (AvgIpc) is 2.64. The Morgan fingerprint density at radius 1 is 1.21 bits per heavy atom. The number of nitrogens with zero attached hydrogens (tertiary/aromatic N) is 2. The molecular formula is C15H31N3O. The molecule has 2 atom stereocenters. The van der Waals surface area contributed by atoms with Crippen LogP contribution in [0.15, 0.2) is 0 Å². The van der Waals surface area contributed by atoms with Crippen molar-refractivity contribution < 1.29 is 5.11 Å². The number of aliphatic hydroxyl groups is 1. The van der Waals surface area contributed by atoms with Crippen molar-refractivity contribution >= 4 is 0 Å². The van der Waals surface area contributed by atoms with Crippen LogP contribution in [0.25, 0.3) is 0 Å². The van der Waals surface area contributed by atoms with Crippen LogP contribution >= 0.6 is 0 Å². The topological polar surface area (TPSA) is 38.7 Å². The third kappa shape index (κ3) is 3.91. The number of aliphatic hydroxyl groups excluding tert-OH is 1. The Morgan fingerprint density at radius 3 is 2.79 bits per heavy atom. The molecule has 0 amide bonds. The van der Waals surface area contributed by atoms with Gasteiger partial charge in [-0.3, -0.25) is 4.90 Å². The first-order valence-corrected chi connectivity index (χ1v) is 7.97. The van der Waals surface area contributed by atoms with E-state index in [9.17, 15) is 5.11 Å². The van der Waals surface area contributed by atoms with Gasteiger partial charge in [-0.15, -0.1) is 0 Å². The van der Waals surface area contributed by atoms with Crippen LogP contribution in [-0.2, 0) is 0 Å². The highest BCUT2D eigenvalue weighted by Gasteiger charge is 2.37. The fraction of sp³-hybridized carbons (Fsp3) is 1.00. The van der Waals surface area contributed by atoms with Crippen molar-refractivity contribution in [3.05, 3.63) is 0 Å². The normalized spacial score (nSPS) is 35.2. The van der Waals surface area contributed by atoms with E-state index in [1.54, 1.807) is 0 Å². The molecule has 2 N–H and O–H groups in total. The number of rotatable bonds is 4. The van der Waals surface area contributed by atoms with Gasteiger partial charge in [-0.1, -0.05) is 6.92 Å². The van der Waals surface area contributed by atoms with Gasteiger partial charge in [-0.25, -0.2) is 0 Å². The van der Waals surface area contributed by atoms with Gasteiger partial charge in [0.05, 0.1) is 6.61 Å². The molecule has 1 heterocycles. The van der Waals surface area contributed by atoms with Crippen molar-refractivity contribution in [1.82, 2.24) is 15.1 Å². The van der Waals surface area contributed by atoms with Gasteiger partial charge in [0.1, 0.15) is 0 Å². The second-order valence-electron chi connectivity index (χ2n) is 6.41. The fourth-order valence-electron chi connectivity index (χ4n) is 3.81. The first kappa shape index (κ1) is 15.2. The summed E-state index contributed by atoms with van der Waals surface area (Å²) in [5.41, 5.74) is -0.0180. The Kier molecular flexibility index (Phi) is 5.63. The van der Waals surface area contributed by atoms with Gasteiger partial charge in [0.25, 0.3) is 0 Å². The van der Waals surface area contributed by atoms with E-state index in [2.05, 4.69) is 29.1 Å². The van der Waals surface area contributed by atoms with E-state index in [1.165, 1.54) is 45.4 Å². The SMILES string of the molecule is CCNC1(CO)CCCC(N2CCCN(C)CC2)C1. The number of hydrogen-bond donors (Lipinski definition) is 2. The first-order chi connectivity index (χ1) is 9.19. The zero-order valence-corrected chi connectivity index (χ0v) is 12.7. The minimum atomic E-state index is -0.0180. The predicted molar refractivity (Wildman–Crippen MR) is 79.4 cm³/mol. The van der Waals surface area contributed by atoms with E-state index in [0.717, 1.165) is 19.4 Å². The van der Waals surface area contributed by atoms with Gasteiger partial charge in [0.2, 0.25) is 0 Å². The third-order valence-corrected chi connectivity index (χ3v) is 4.94. The molecule has 0 aromatic heterocycles. The Balaban J connectivity index is 1.95. The summed E-state index contributed by atoms with van der Waals surface area (Å²) >= 11 is 0. The molecule has 1 saturated heterocycles. The lowest BCUT2D eigenvalue weighted by Gasteiger charge is -2.44. The molecule has 19 heavy (non-hydrogen) atoms. The zero-order chi connectivity index (χ0) is 13.7. The molecule has 2 fully saturated rings. The maximum Gasteiger partial charge on any atom is 0.0613 e. The summed E-state index contributed by atoms with van der Waals surface area (Å²) in [6.07, 6.45) is 6.06. The fourth-order valence-corrected chi connectivity index (χ4v) is 3.81. The van der Waals surface area contributed by atoms with Gasteiger partial charge in [-0.2, -0.15) is 0 Å². The summed E-state index contributed by atoms with van der Waals surface area (Å²) in [7, 11) is 2.22. The lowest BCUT2D eigenvalue weighted by atomic mass is 9.78. The molecule has 0 spiro atoms. The maximum atomic E-state index is 9.80. The van der Waals surface area contributed by atoms with Gasteiger partial charge in [0, 0.05) is 24.7 Å². The molecule has 1 aliphatic carbocycles. The molecule has 0 aromatic rings. The molecule has 1 saturated carbocycles. The van der Waals surface area contributed by atoms with Gasteiger partial charge in [0.15, 0.2) is 0 Å².